The summed E-state index contributed by atoms with van der Waals surface area (Å²) in [7, 11) is 0. The first-order valence-corrected chi connectivity index (χ1v) is 7.32. The fourth-order valence-electron chi connectivity index (χ4n) is 2.29. The van der Waals surface area contributed by atoms with Crippen LogP contribution >= 0.6 is 22.6 Å². The molecule has 1 aromatic rings. The third-order valence-electron chi connectivity index (χ3n) is 3.22. The monoisotopic (exact) mass is 384 g/mol. The molecule has 2 rings (SSSR count). The van der Waals surface area contributed by atoms with Gasteiger partial charge in [-0.3, -0.25) is 4.90 Å². The van der Waals surface area contributed by atoms with E-state index in [1.54, 1.807) is 0 Å². The van der Waals surface area contributed by atoms with Crippen molar-refractivity contribution < 1.29 is 13.2 Å². The van der Waals surface area contributed by atoms with Crippen molar-refractivity contribution in [2.24, 2.45) is 0 Å². The van der Waals surface area contributed by atoms with E-state index >= 15 is 0 Å². The van der Waals surface area contributed by atoms with E-state index in [0.717, 1.165) is 22.1 Å². The Morgan fingerprint density at radius 1 is 1.21 bits per heavy atom. The van der Waals surface area contributed by atoms with Crippen molar-refractivity contribution in [3.8, 4) is 0 Å². The van der Waals surface area contributed by atoms with Gasteiger partial charge in [0.1, 0.15) is 0 Å². The van der Waals surface area contributed by atoms with Gasteiger partial charge in [-0.1, -0.05) is 12.1 Å². The van der Waals surface area contributed by atoms with Gasteiger partial charge in [0, 0.05) is 28.4 Å². The molecular weight excluding hydrogens is 368 g/mol. The maximum atomic E-state index is 12.3. The van der Waals surface area contributed by atoms with Gasteiger partial charge in [0.2, 0.25) is 0 Å². The number of rotatable bonds is 3. The first-order chi connectivity index (χ1) is 8.94. The molecule has 0 radical (unpaired) electrons. The Morgan fingerprint density at radius 2 is 1.84 bits per heavy atom. The van der Waals surface area contributed by atoms with Gasteiger partial charge in [-0.25, -0.2) is 0 Å². The molecule has 1 saturated heterocycles. The summed E-state index contributed by atoms with van der Waals surface area (Å²) in [5, 5.41) is 3.42. The molecule has 0 unspecified atom stereocenters. The van der Waals surface area contributed by atoms with Crippen LogP contribution in [0, 0.1) is 3.57 Å². The van der Waals surface area contributed by atoms with Crippen molar-refractivity contribution in [2.75, 3.05) is 25.0 Å². The molecule has 2 nitrogen and oxygen atoms in total. The predicted molar refractivity (Wildman–Crippen MR) is 78.3 cm³/mol. The third kappa shape index (κ3) is 4.83. The number of anilines is 1. The predicted octanol–water partition coefficient (Wildman–Crippen LogP) is 3.73. The van der Waals surface area contributed by atoms with Gasteiger partial charge in [-0.15, -0.1) is 0 Å². The summed E-state index contributed by atoms with van der Waals surface area (Å²) in [6, 6.07) is 8.22. The number of halogens is 4. The molecule has 1 aliphatic rings. The van der Waals surface area contributed by atoms with Crippen LogP contribution in [0.25, 0.3) is 0 Å². The molecule has 1 N–H and O–H groups in total. The van der Waals surface area contributed by atoms with Crippen LogP contribution in [0.3, 0.4) is 0 Å². The van der Waals surface area contributed by atoms with Gasteiger partial charge in [-0.2, -0.15) is 13.2 Å². The van der Waals surface area contributed by atoms with Crippen molar-refractivity contribution in [1.29, 1.82) is 0 Å². The Balaban J connectivity index is 1.82. The second-order valence-corrected chi connectivity index (χ2v) is 5.95. The van der Waals surface area contributed by atoms with Crippen LogP contribution in [0.1, 0.15) is 12.8 Å². The molecule has 0 spiro atoms. The van der Waals surface area contributed by atoms with Crippen LogP contribution in [-0.2, 0) is 0 Å². The molecule has 0 amide bonds. The Bertz CT molecular complexity index is 415. The van der Waals surface area contributed by atoms with Gasteiger partial charge in [0.05, 0.1) is 6.54 Å². The molecule has 0 bridgehead atoms. The fraction of sp³-hybridized carbons (Fsp3) is 0.538. The van der Waals surface area contributed by atoms with E-state index in [1.165, 1.54) is 4.90 Å². The van der Waals surface area contributed by atoms with Crippen LogP contribution in [0.15, 0.2) is 24.3 Å². The van der Waals surface area contributed by atoms with Gasteiger partial charge < -0.3 is 5.32 Å². The van der Waals surface area contributed by atoms with E-state index in [-0.39, 0.29) is 6.04 Å². The van der Waals surface area contributed by atoms with Crippen LogP contribution < -0.4 is 5.32 Å². The molecule has 1 fully saturated rings. The lowest BCUT2D eigenvalue weighted by atomic mass is 10.0. The first-order valence-electron chi connectivity index (χ1n) is 6.24. The van der Waals surface area contributed by atoms with E-state index in [9.17, 15) is 13.2 Å². The minimum absolute atomic E-state index is 0.264. The van der Waals surface area contributed by atoms with E-state index < -0.39 is 12.7 Å². The van der Waals surface area contributed by atoms with E-state index in [1.807, 2.05) is 24.3 Å². The van der Waals surface area contributed by atoms with Crippen molar-refractivity contribution in [2.45, 2.75) is 25.1 Å². The van der Waals surface area contributed by atoms with E-state index in [4.69, 9.17) is 0 Å². The van der Waals surface area contributed by atoms with Crippen LogP contribution in [0.5, 0.6) is 0 Å². The second-order valence-electron chi connectivity index (χ2n) is 4.79. The molecular formula is C13H16F3IN2. The van der Waals surface area contributed by atoms with Gasteiger partial charge >= 0.3 is 6.18 Å². The van der Waals surface area contributed by atoms with Crippen molar-refractivity contribution in [3.05, 3.63) is 27.8 Å². The molecule has 1 aromatic carbocycles. The highest BCUT2D eigenvalue weighted by Crippen LogP contribution is 2.23. The summed E-state index contributed by atoms with van der Waals surface area (Å²) in [6.45, 7) is 0.212. The smallest absolute Gasteiger partial charge is 0.381 e. The van der Waals surface area contributed by atoms with Crippen LogP contribution in [0.2, 0.25) is 0 Å². The number of nitrogens with zero attached hydrogens (tertiary/aromatic N) is 1. The topological polar surface area (TPSA) is 15.3 Å². The second kappa shape index (κ2) is 6.30. The number of nitrogens with one attached hydrogen (secondary N) is 1. The summed E-state index contributed by atoms with van der Waals surface area (Å²) in [5.74, 6) is 0. The van der Waals surface area contributed by atoms with Crippen molar-refractivity contribution in [1.82, 2.24) is 4.90 Å². The van der Waals surface area contributed by atoms with Gasteiger partial charge in [0.15, 0.2) is 0 Å². The lowest BCUT2D eigenvalue weighted by molar-refractivity contribution is -0.147. The number of benzene rings is 1. The molecule has 1 heterocycles. The molecule has 0 aliphatic carbocycles. The minimum atomic E-state index is -4.09. The Kier molecular flexibility index (Phi) is 4.94. The SMILES string of the molecule is FC(F)(F)CN1CCC(Nc2ccccc2I)CC1. The summed E-state index contributed by atoms with van der Waals surface area (Å²) in [5.41, 5.74) is 1.07. The first kappa shape index (κ1) is 14.9. The highest BCUT2D eigenvalue weighted by Gasteiger charge is 2.32. The quantitative estimate of drug-likeness (QED) is 0.800. The van der Waals surface area contributed by atoms with Crippen LogP contribution in [0.4, 0.5) is 18.9 Å². The number of likely N-dealkylation sites (tertiary alicyclic amines) is 1. The Morgan fingerprint density at radius 3 is 2.42 bits per heavy atom. The maximum absolute atomic E-state index is 12.3. The lowest BCUT2D eigenvalue weighted by Gasteiger charge is -2.33. The Hall–Kier alpha value is -0.500. The van der Waals surface area contributed by atoms with Gasteiger partial charge in [0.25, 0.3) is 0 Å². The molecule has 0 atom stereocenters. The Labute approximate surface area is 124 Å². The zero-order valence-electron chi connectivity index (χ0n) is 10.4. The maximum Gasteiger partial charge on any atom is 0.401 e. The molecule has 1 aliphatic heterocycles. The zero-order chi connectivity index (χ0) is 13.9. The molecule has 0 saturated carbocycles. The van der Waals surface area contributed by atoms with E-state index in [0.29, 0.717) is 13.1 Å². The summed E-state index contributed by atoms with van der Waals surface area (Å²) < 4.78 is 38.0. The number of hydrogen-bond donors (Lipinski definition) is 1. The van der Waals surface area contributed by atoms with Crippen molar-refractivity contribution >= 4 is 28.3 Å². The molecule has 0 aromatic heterocycles. The normalized spacial score (nSPS) is 18.5. The fourth-order valence-corrected chi connectivity index (χ4v) is 2.83. The number of hydrogen-bond acceptors (Lipinski definition) is 2. The largest absolute Gasteiger partial charge is 0.401 e. The van der Waals surface area contributed by atoms with Gasteiger partial charge in [-0.05, 0) is 47.6 Å². The minimum Gasteiger partial charge on any atom is -0.381 e. The van der Waals surface area contributed by atoms with E-state index in [2.05, 4.69) is 27.9 Å². The molecule has 6 heteroatoms. The summed E-state index contributed by atoms with van der Waals surface area (Å²) in [4.78, 5) is 1.48. The summed E-state index contributed by atoms with van der Waals surface area (Å²) in [6.07, 6.45) is -2.59. The third-order valence-corrected chi connectivity index (χ3v) is 4.16. The summed E-state index contributed by atoms with van der Waals surface area (Å²) >= 11 is 2.26. The molecule has 106 valence electrons. The zero-order valence-corrected chi connectivity index (χ0v) is 12.5. The highest BCUT2D eigenvalue weighted by molar-refractivity contribution is 14.1. The lowest BCUT2D eigenvalue weighted by Crippen LogP contribution is -2.43. The number of alkyl halides is 3. The highest BCUT2D eigenvalue weighted by atomic mass is 127. The molecule has 19 heavy (non-hydrogen) atoms. The standard InChI is InChI=1S/C13H16F3IN2/c14-13(15,16)9-19-7-5-10(6-8-19)18-12-4-2-1-3-11(12)17/h1-4,10,18H,5-9H2. The average Bonchev–Trinajstić information content (AvgIpc) is 2.33. The average molecular weight is 384 g/mol. The van der Waals surface area contributed by atoms with Crippen molar-refractivity contribution in [3.63, 3.8) is 0 Å². The van der Waals surface area contributed by atoms with Crippen LogP contribution in [-0.4, -0.2) is 36.8 Å². The number of piperidine rings is 1. The number of para-hydroxylation sites is 1.